The third-order valence-corrected chi connectivity index (χ3v) is 0.667. The van der Waals surface area contributed by atoms with E-state index in [9.17, 15) is 0 Å². The molecule has 0 atom stereocenters. The summed E-state index contributed by atoms with van der Waals surface area (Å²) in [5.41, 5.74) is 0. The lowest BCUT2D eigenvalue weighted by Crippen LogP contribution is -1.47. The molecule has 0 spiro atoms. The lowest BCUT2D eigenvalue weighted by atomic mass is 10.4. The van der Waals surface area contributed by atoms with Crippen LogP contribution in [0.3, 0.4) is 0 Å². The van der Waals surface area contributed by atoms with E-state index in [-0.39, 0.29) is 0 Å². The zero-order valence-electron chi connectivity index (χ0n) is 6.71. The summed E-state index contributed by atoms with van der Waals surface area (Å²) in [6.45, 7) is 0. The molecular weight excluding hydrogens is 190 g/mol. The Balaban J connectivity index is 0. The fourth-order valence-electron chi connectivity index (χ4n) is 0.385. The van der Waals surface area contributed by atoms with Gasteiger partial charge in [-0.3, -0.25) is 0 Å². The summed E-state index contributed by atoms with van der Waals surface area (Å²) in [7, 11) is 1.44. The van der Waals surface area contributed by atoms with Crippen molar-refractivity contribution < 1.29 is 5.11 Å². The van der Waals surface area contributed by atoms with Gasteiger partial charge in [-0.2, -0.15) is 5.26 Å². The van der Waals surface area contributed by atoms with Crippen molar-refractivity contribution in [2.24, 2.45) is 0 Å². The highest BCUT2D eigenvalue weighted by Gasteiger charge is 1.57. The number of hydrogen-bond acceptors (Lipinski definition) is 4. The van der Waals surface area contributed by atoms with Gasteiger partial charge in [-0.25, -0.2) is 0 Å². The molecule has 0 amide bonds. The average molecular weight is 201 g/mol. The summed E-state index contributed by atoms with van der Waals surface area (Å²) >= 11 is 3.71. The quantitative estimate of drug-likeness (QED) is 0.385. The molecule has 0 aliphatic carbocycles. The fourth-order valence-corrected chi connectivity index (χ4v) is 0.385. The molecule has 0 aliphatic rings. The molecule has 0 unspecified atom stereocenters. The van der Waals surface area contributed by atoms with Crippen molar-refractivity contribution in [1.29, 1.82) is 5.26 Å². The van der Waals surface area contributed by atoms with Gasteiger partial charge in [0.15, 0.2) is 0 Å². The Hall–Kier alpha value is -0.790. The number of nitrogens with zero attached hydrogens (tertiary/aromatic N) is 1. The second-order valence-electron chi connectivity index (χ2n) is 1.44. The van der Waals surface area contributed by atoms with Gasteiger partial charge < -0.3 is 5.11 Å². The molecule has 0 radical (unpaired) electrons. The van der Waals surface area contributed by atoms with Gasteiger partial charge in [-0.1, -0.05) is 36.4 Å². The van der Waals surface area contributed by atoms with Crippen LogP contribution < -0.4 is 0 Å². The summed E-state index contributed by atoms with van der Waals surface area (Å²) in [5, 5.41) is 13.8. The van der Waals surface area contributed by atoms with Gasteiger partial charge in [0.2, 0.25) is 0 Å². The van der Waals surface area contributed by atoms with Crippen molar-refractivity contribution in [3.8, 4) is 6.26 Å². The molecule has 0 aliphatic heterocycles. The van der Waals surface area contributed by atoms with Gasteiger partial charge in [0.05, 0.1) is 0 Å². The predicted molar refractivity (Wildman–Crippen MR) is 56.5 cm³/mol. The maximum Gasteiger partial charge on any atom is 0.283 e. The van der Waals surface area contributed by atoms with E-state index in [4.69, 9.17) is 10.4 Å². The first kappa shape index (κ1) is 13.8. The van der Waals surface area contributed by atoms with Crippen molar-refractivity contribution in [3.05, 3.63) is 36.4 Å². The first-order valence-electron chi connectivity index (χ1n) is 3.04. The van der Waals surface area contributed by atoms with Crippen LogP contribution in [0.5, 0.6) is 0 Å². The molecule has 0 saturated heterocycles. The predicted octanol–water partition coefficient (Wildman–Crippen LogP) is 2.72. The minimum absolute atomic E-state index is 0.750. The Morgan fingerprint density at radius 1 is 1.17 bits per heavy atom. The number of hydrogen-bond donors (Lipinski definition) is 2. The van der Waals surface area contributed by atoms with E-state index in [1.165, 1.54) is 10.8 Å². The number of benzene rings is 1. The molecule has 0 bridgehead atoms. The molecule has 2 nitrogen and oxygen atoms in total. The second kappa shape index (κ2) is 16.7. The highest BCUT2D eigenvalue weighted by molar-refractivity contribution is 8.68. The maximum atomic E-state index is 6.88. The standard InChI is InChI=1S/C6H6.CHNO.CH4S2/c1-2-4-6-5-3-1;2-1-3;1-3-2/h1-6H;3H;2H,1H3. The SMILES string of the molecule is CSS.N#CO.c1ccccc1. The Bertz CT molecular complexity index is 159. The van der Waals surface area contributed by atoms with E-state index in [1.54, 1.807) is 0 Å². The first-order chi connectivity index (χ1) is 5.83. The Morgan fingerprint density at radius 3 is 1.33 bits per heavy atom. The van der Waals surface area contributed by atoms with Gasteiger partial charge >= 0.3 is 0 Å². The molecule has 1 aromatic carbocycles. The molecule has 12 heavy (non-hydrogen) atoms. The third-order valence-electron chi connectivity index (χ3n) is 0.667. The number of aliphatic hydroxyl groups excluding tert-OH is 1. The van der Waals surface area contributed by atoms with E-state index < -0.39 is 0 Å². The number of rotatable bonds is 0. The Labute approximate surface area is 82.0 Å². The lowest BCUT2D eigenvalue weighted by Gasteiger charge is -1.69. The van der Waals surface area contributed by atoms with Crippen LogP contribution in [0.15, 0.2) is 36.4 Å². The van der Waals surface area contributed by atoms with Crippen LogP contribution in [0.4, 0.5) is 0 Å². The van der Waals surface area contributed by atoms with Crippen molar-refractivity contribution in [3.63, 3.8) is 0 Å². The van der Waals surface area contributed by atoms with Crippen LogP contribution >= 0.6 is 22.5 Å². The smallest absolute Gasteiger partial charge is 0.283 e. The van der Waals surface area contributed by atoms with Crippen molar-refractivity contribution in [1.82, 2.24) is 0 Å². The summed E-state index contributed by atoms with van der Waals surface area (Å²) in [4.78, 5) is 0. The zero-order chi connectivity index (χ0) is 9.66. The van der Waals surface area contributed by atoms with Gasteiger partial charge in [-0.15, -0.1) is 22.5 Å². The normalized spacial score (nSPS) is 6.08. The van der Waals surface area contributed by atoms with Crippen molar-refractivity contribution in [2.75, 3.05) is 6.26 Å². The molecular formula is C8H11NOS2. The highest BCUT2D eigenvalue weighted by Crippen LogP contribution is 1.91. The summed E-state index contributed by atoms with van der Waals surface area (Å²) in [6, 6.07) is 12.0. The monoisotopic (exact) mass is 201 g/mol. The molecule has 66 valence electrons. The first-order valence-corrected chi connectivity index (χ1v) is 5.32. The summed E-state index contributed by atoms with van der Waals surface area (Å²) in [5.74, 6) is 0. The van der Waals surface area contributed by atoms with E-state index in [0.29, 0.717) is 0 Å². The second-order valence-corrected chi connectivity index (χ2v) is 2.90. The molecule has 0 aromatic heterocycles. The Kier molecular flexibility index (Phi) is 19.1. The molecule has 1 aromatic rings. The Morgan fingerprint density at radius 2 is 1.25 bits per heavy atom. The molecule has 0 fully saturated rings. The van der Waals surface area contributed by atoms with Crippen LogP contribution in [0.1, 0.15) is 0 Å². The fraction of sp³-hybridized carbons (Fsp3) is 0.125. The highest BCUT2D eigenvalue weighted by atomic mass is 33.1. The van der Waals surface area contributed by atoms with Crippen LogP contribution in [-0.4, -0.2) is 11.4 Å². The largest absolute Gasteiger partial charge is 0.443 e. The van der Waals surface area contributed by atoms with E-state index in [1.807, 2.05) is 42.7 Å². The van der Waals surface area contributed by atoms with Crippen molar-refractivity contribution >= 4 is 22.5 Å². The number of aliphatic hydroxyl groups is 1. The van der Waals surface area contributed by atoms with Crippen LogP contribution in [0, 0.1) is 11.5 Å². The number of thiol groups is 1. The third kappa shape index (κ3) is 22.9. The number of nitriles is 1. The van der Waals surface area contributed by atoms with Crippen LogP contribution in [0.25, 0.3) is 0 Å². The molecule has 0 heterocycles. The summed E-state index contributed by atoms with van der Waals surface area (Å²) in [6.07, 6.45) is 2.66. The van der Waals surface area contributed by atoms with E-state index in [2.05, 4.69) is 11.7 Å². The van der Waals surface area contributed by atoms with Crippen LogP contribution in [-0.2, 0) is 0 Å². The van der Waals surface area contributed by atoms with Gasteiger partial charge in [0, 0.05) is 0 Å². The molecule has 1 N–H and O–H groups in total. The average Bonchev–Trinajstić information content (AvgIpc) is 2.10. The zero-order valence-corrected chi connectivity index (χ0v) is 8.42. The minimum atomic E-state index is 0.750. The molecule has 0 saturated carbocycles. The van der Waals surface area contributed by atoms with E-state index >= 15 is 0 Å². The van der Waals surface area contributed by atoms with Crippen LogP contribution in [0.2, 0.25) is 0 Å². The maximum absolute atomic E-state index is 6.88. The molecule has 1 rings (SSSR count). The van der Waals surface area contributed by atoms with Gasteiger partial charge in [0.1, 0.15) is 0 Å². The topological polar surface area (TPSA) is 44.0 Å². The summed E-state index contributed by atoms with van der Waals surface area (Å²) < 4.78 is 0. The lowest BCUT2D eigenvalue weighted by molar-refractivity contribution is 0.503. The van der Waals surface area contributed by atoms with Gasteiger partial charge in [-0.05, 0) is 6.26 Å². The van der Waals surface area contributed by atoms with Gasteiger partial charge in [0.25, 0.3) is 6.26 Å². The van der Waals surface area contributed by atoms with E-state index in [0.717, 1.165) is 6.26 Å². The van der Waals surface area contributed by atoms with Crippen molar-refractivity contribution in [2.45, 2.75) is 0 Å². The minimum Gasteiger partial charge on any atom is -0.443 e. The molecule has 4 heteroatoms.